The normalized spacial score (nSPS) is 13.7. The molecule has 136 valence electrons. The van der Waals surface area contributed by atoms with Gasteiger partial charge in [-0.05, 0) is 60.1 Å². The van der Waals surface area contributed by atoms with Gasteiger partial charge in [0, 0.05) is 5.56 Å². The van der Waals surface area contributed by atoms with Gasteiger partial charge in [0.2, 0.25) is 0 Å². The molecular formula is C22H21F3O. The molecule has 2 aromatic rings. The standard InChI is InChI=1S/C22H21F3O/c1-15(17-10-12-19(13-11-17)22(23,24)25)8-9-16(2)20-7-3-5-18-6-4-14-26-21(18)20/h3,5,7,10-13H,1-2,4,6,8-9,14H2. The highest BCUT2D eigenvalue weighted by Gasteiger charge is 2.30. The van der Waals surface area contributed by atoms with Crippen LogP contribution in [0.25, 0.3) is 11.1 Å². The molecule has 3 rings (SSSR count). The van der Waals surface area contributed by atoms with Crippen molar-refractivity contribution >= 4 is 11.1 Å². The Kier molecular flexibility index (Phi) is 5.21. The summed E-state index contributed by atoms with van der Waals surface area (Å²) < 4.78 is 43.8. The Bertz CT molecular complexity index is 816. The summed E-state index contributed by atoms with van der Waals surface area (Å²) in [6.45, 7) is 8.91. The molecule has 2 aromatic carbocycles. The van der Waals surface area contributed by atoms with Crippen molar-refractivity contribution < 1.29 is 17.9 Å². The average molecular weight is 358 g/mol. The summed E-state index contributed by atoms with van der Waals surface area (Å²) in [7, 11) is 0. The summed E-state index contributed by atoms with van der Waals surface area (Å²) in [5.41, 5.74) is 4.05. The van der Waals surface area contributed by atoms with E-state index in [1.165, 1.54) is 17.7 Å². The summed E-state index contributed by atoms with van der Waals surface area (Å²) in [6, 6.07) is 11.2. The number of hydrogen-bond acceptors (Lipinski definition) is 1. The SMILES string of the molecule is C=C(CCC(=C)c1cccc2c1OCCC2)c1ccc(C(F)(F)F)cc1. The molecular weight excluding hydrogens is 337 g/mol. The Morgan fingerprint density at radius 1 is 0.962 bits per heavy atom. The average Bonchev–Trinajstić information content (AvgIpc) is 2.64. The number of ether oxygens (including phenoxy) is 1. The van der Waals surface area contributed by atoms with Gasteiger partial charge in [0.1, 0.15) is 5.75 Å². The molecule has 0 N–H and O–H groups in total. The Balaban J connectivity index is 1.65. The maximum atomic E-state index is 12.7. The van der Waals surface area contributed by atoms with Crippen LogP contribution in [0.3, 0.4) is 0 Å². The number of alkyl halides is 3. The molecule has 26 heavy (non-hydrogen) atoms. The van der Waals surface area contributed by atoms with Crippen LogP contribution in [0, 0.1) is 0 Å². The van der Waals surface area contributed by atoms with Crippen molar-refractivity contribution in [1.82, 2.24) is 0 Å². The first kappa shape index (κ1) is 18.3. The summed E-state index contributed by atoms with van der Waals surface area (Å²) >= 11 is 0. The van der Waals surface area contributed by atoms with E-state index >= 15 is 0 Å². The van der Waals surface area contributed by atoms with E-state index in [-0.39, 0.29) is 0 Å². The monoisotopic (exact) mass is 358 g/mol. The lowest BCUT2D eigenvalue weighted by molar-refractivity contribution is -0.137. The second kappa shape index (κ2) is 7.40. The fourth-order valence-corrected chi connectivity index (χ4v) is 3.14. The number of hydrogen-bond donors (Lipinski definition) is 0. The largest absolute Gasteiger partial charge is 0.493 e. The number of fused-ring (bicyclic) bond motifs is 1. The van der Waals surface area contributed by atoms with E-state index in [4.69, 9.17) is 4.74 Å². The summed E-state index contributed by atoms with van der Waals surface area (Å²) in [4.78, 5) is 0. The first-order chi connectivity index (χ1) is 12.4. The van der Waals surface area contributed by atoms with Gasteiger partial charge in [-0.15, -0.1) is 0 Å². The smallest absolute Gasteiger partial charge is 0.416 e. The van der Waals surface area contributed by atoms with E-state index < -0.39 is 11.7 Å². The number of allylic oxidation sites excluding steroid dienone is 2. The van der Waals surface area contributed by atoms with E-state index in [1.54, 1.807) is 0 Å². The first-order valence-corrected chi connectivity index (χ1v) is 8.64. The minimum absolute atomic E-state index is 0.633. The van der Waals surface area contributed by atoms with E-state index in [0.717, 1.165) is 59.6 Å². The van der Waals surface area contributed by atoms with Crippen LogP contribution < -0.4 is 4.74 Å². The lowest BCUT2D eigenvalue weighted by Gasteiger charge is -2.21. The lowest BCUT2D eigenvalue weighted by Crippen LogP contribution is -2.10. The van der Waals surface area contributed by atoms with Crippen molar-refractivity contribution in [3.05, 3.63) is 77.9 Å². The van der Waals surface area contributed by atoms with Crippen LogP contribution in [0.5, 0.6) is 5.75 Å². The minimum Gasteiger partial charge on any atom is -0.493 e. The zero-order chi connectivity index (χ0) is 18.7. The number of rotatable bonds is 5. The molecule has 0 amide bonds. The highest BCUT2D eigenvalue weighted by Crippen LogP contribution is 2.36. The molecule has 1 aliphatic rings. The van der Waals surface area contributed by atoms with Gasteiger partial charge in [0.25, 0.3) is 0 Å². The number of halogens is 3. The van der Waals surface area contributed by atoms with Gasteiger partial charge in [0.15, 0.2) is 0 Å². The quantitative estimate of drug-likeness (QED) is 0.590. The van der Waals surface area contributed by atoms with E-state index in [0.29, 0.717) is 12.8 Å². The maximum Gasteiger partial charge on any atom is 0.416 e. The molecule has 0 saturated carbocycles. The lowest BCUT2D eigenvalue weighted by atomic mass is 9.93. The van der Waals surface area contributed by atoms with E-state index in [2.05, 4.69) is 19.2 Å². The number of aryl methyl sites for hydroxylation is 1. The van der Waals surface area contributed by atoms with Crippen molar-refractivity contribution in [3.63, 3.8) is 0 Å². The maximum absolute atomic E-state index is 12.7. The molecule has 0 unspecified atom stereocenters. The van der Waals surface area contributed by atoms with Crippen molar-refractivity contribution in [3.8, 4) is 5.75 Å². The third-order valence-electron chi connectivity index (χ3n) is 4.66. The minimum atomic E-state index is -4.32. The Labute approximate surface area is 151 Å². The molecule has 0 radical (unpaired) electrons. The Morgan fingerprint density at radius 3 is 2.35 bits per heavy atom. The molecule has 0 aliphatic carbocycles. The molecule has 0 saturated heterocycles. The highest BCUT2D eigenvalue weighted by molar-refractivity contribution is 5.73. The predicted octanol–water partition coefficient (Wildman–Crippen LogP) is 6.54. The zero-order valence-corrected chi connectivity index (χ0v) is 14.5. The zero-order valence-electron chi connectivity index (χ0n) is 14.5. The third kappa shape index (κ3) is 4.01. The van der Waals surface area contributed by atoms with Gasteiger partial charge in [0.05, 0.1) is 12.2 Å². The fraction of sp³-hybridized carbons (Fsp3) is 0.273. The third-order valence-corrected chi connectivity index (χ3v) is 4.66. The Morgan fingerprint density at radius 2 is 1.65 bits per heavy atom. The second-order valence-electron chi connectivity index (χ2n) is 6.53. The van der Waals surface area contributed by atoms with Crippen LogP contribution in [0.2, 0.25) is 0 Å². The highest BCUT2D eigenvalue weighted by atomic mass is 19.4. The van der Waals surface area contributed by atoms with Gasteiger partial charge in [-0.3, -0.25) is 0 Å². The summed E-state index contributed by atoms with van der Waals surface area (Å²) in [6.07, 6.45) is -0.976. The van der Waals surface area contributed by atoms with E-state index in [9.17, 15) is 13.2 Å². The molecule has 1 heterocycles. The topological polar surface area (TPSA) is 9.23 Å². The first-order valence-electron chi connectivity index (χ1n) is 8.64. The van der Waals surface area contributed by atoms with Crippen LogP contribution in [-0.2, 0) is 12.6 Å². The van der Waals surface area contributed by atoms with Crippen LogP contribution >= 0.6 is 0 Å². The van der Waals surface area contributed by atoms with Crippen LogP contribution in [0.15, 0.2) is 55.6 Å². The molecule has 1 aliphatic heterocycles. The summed E-state index contributed by atoms with van der Waals surface area (Å²) in [5, 5.41) is 0. The van der Waals surface area contributed by atoms with Crippen LogP contribution in [-0.4, -0.2) is 6.61 Å². The van der Waals surface area contributed by atoms with Crippen LogP contribution in [0.4, 0.5) is 13.2 Å². The number of benzene rings is 2. The predicted molar refractivity (Wildman–Crippen MR) is 99.0 cm³/mol. The molecule has 0 bridgehead atoms. The molecule has 0 fully saturated rings. The second-order valence-corrected chi connectivity index (χ2v) is 6.53. The van der Waals surface area contributed by atoms with Gasteiger partial charge in [-0.1, -0.05) is 43.5 Å². The van der Waals surface area contributed by atoms with Crippen molar-refractivity contribution in [2.24, 2.45) is 0 Å². The van der Waals surface area contributed by atoms with Crippen molar-refractivity contribution in [1.29, 1.82) is 0 Å². The number of para-hydroxylation sites is 1. The van der Waals surface area contributed by atoms with Gasteiger partial charge in [-0.2, -0.15) is 13.2 Å². The molecule has 4 heteroatoms. The van der Waals surface area contributed by atoms with Gasteiger partial charge in [-0.25, -0.2) is 0 Å². The van der Waals surface area contributed by atoms with Gasteiger partial charge >= 0.3 is 6.18 Å². The van der Waals surface area contributed by atoms with Crippen molar-refractivity contribution in [2.45, 2.75) is 31.9 Å². The van der Waals surface area contributed by atoms with E-state index in [1.807, 2.05) is 12.1 Å². The van der Waals surface area contributed by atoms with Crippen molar-refractivity contribution in [2.75, 3.05) is 6.61 Å². The molecule has 0 aromatic heterocycles. The molecule has 1 nitrogen and oxygen atoms in total. The molecule has 0 spiro atoms. The van der Waals surface area contributed by atoms with Crippen LogP contribution in [0.1, 0.15) is 41.5 Å². The van der Waals surface area contributed by atoms with Gasteiger partial charge < -0.3 is 4.74 Å². The Hall–Kier alpha value is -2.49. The molecule has 0 atom stereocenters. The fourth-order valence-electron chi connectivity index (χ4n) is 3.14. The summed E-state index contributed by atoms with van der Waals surface area (Å²) in [5.74, 6) is 0.920.